The second-order valence-electron chi connectivity index (χ2n) is 2.87. The second-order valence-corrected chi connectivity index (χ2v) is 2.87. The average Bonchev–Trinajstić information content (AvgIpc) is 2.69. The lowest BCUT2D eigenvalue weighted by atomic mass is 10.2. The van der Waals surface area contributed by atoms with Crippen LogP contribution in [0.25, 0.3) is 5.69 Å². The molecule has 15 heavy (non-hydrogen) atoms. The Morgan fingerprint density at radius 2 is 1.80 bits per heavy atom. The fraction of sp³-hybridized carbons (Fsp3) is 0.273. The van der Waals surface area contributed by atoms with Crippen molar-refractivity contribution in [1.29, 1.82) is 0 Å². The van der Waals surface area contributed by atoms with Gasteiger partial charge in [-0.2, -0.15) is 5.10 Å². The van der Waals surface area contributed by atoms with Gasteiger partial charge in [0, 0.05) is 0 Å². The molecule has 0 saturated heterocycles. The third kappa shape index (κ3) is 2.56. The van der Waals surface area contributed by atoms with Gasteiger partial charge in [-0.05, 0) is 19.1 Å². The predicted octanol–water partition coefficient (Wildman–Crippen LogP) is 1.90. The smallest absolute Gasteiger partial charge is 0.250 e. The van der Waals surface area contributed by atoms with Gasteiger partial charge in [-0.25, -0.2) is 14.5 Å². The van der Waals surface area contributed by atoms with Crippen LogP contribution < -0.4 is 5.69 Å². The van der Waals surface area contributed by atoms with E-state index in [0.29, 0.717) is 0 Å². The maximum Gasteiger partial charge on any atom is 0.347 e. The summed E-state index contributed by atoms with van der Waals surface area (Å²) in [5.74, 6) is 0. The van der Waals surface area contributed by atoms with E-state index in [4.69, 9.17) is 0 Å². The van der Waals surface area contributed by atoms with Crippen LogP contribution in [0.4, 0.5) is 0 Å². The highest BCUT2D eigenvalue weighted by Gasteiger charge is 1.98. The number of aromatic nitrogens is 3. The fourth-order valence-electron chi connectivity index (χ4n) is 1.14. The summed E-state index contributed by atoms with van der Waals surface area (Å²) in [4.78, 5) is 11.1. The Labute approximate surface area is 88.6 Å². The number of benzene rings is 1. The lowest BCUT2D eigenvalue weighted by Gasteiger charge is -1.99. The standard InChI is InChI=1S/C9H9N3O.C2H6/c1-7-2-4-8(5-3-7)12-6-10-11-9(12)13;1-2/h2-6H,1H3,(H,11,13);1-2H3. The molecule has 0 aliphatic carbocycles. The van der Waals surface area contributed by atoms with Crippen molar-refractivity contribution in [3.05, 3.63) is 46.6 Å². The van der Waals surface area contributed by atoms with E-state index in [1.165, 1.54) is 16.5 Å². The zero-order chi connectivity index (χ0) is 11.3. The van der Waals surface area contributed by atoms with Crippen LogP contribution in [-0.2, 0) is 0 Å². The summed E-state index contributed by atoms with van der Waals surface area (Å²) >= 11 is 0. The molecule has 0 unspecified atom stereocenters. The maximum absolute atomic E-state index is 11.1. The van der Waals surface area contributed by atoms with E-state index < -0.39 is 0 Å². The Kier molecular flexibility index (Phi) is 3.85. The van der Waals surface area contributed by atoms with Crippen molar-refractivity contribution < 1.29 is 0 Å². The minimum Gasteiger partial charge on any atom is -0.250 e. The Morgan fingerprint density at radius 3 is 2.27 bits per heavy atom. The highest BCUT2D eigenvalue weighted by Crippen LogP contribution is 2.05. The summed E-state index contributed by atoms with van der Waals surface area (Å²) in [7, 11) is 0. The number of rotatable bonds is 1. The molecule has 0 atom stereocenters. The van der Waals surface area contributed by atoms with Crippen LogP contribution in [0.2, 0.25) is 0 Å². The Bertz CT molecular complexity index is 453. The molecule has 0 radical (unpaired) electrons. The van der Waals surface area contributed by atoms with E-state index in [1.807, 2.05) is 45.0 Å². The molecule has 0 fully saturated rings. The van der Waals surface area contributed by atoms with Crippen LogP contribution >= 0.6 is 0 Å². The van der Waals surface area contributed by atoms with Gasteiger partial charge in [0.1, 0.15) is 6.33 Å². The normalized spacial score (nSPS) is 9.27. The second kappa shape index (κ2) is 5.14. The molecule has 0 bridgehead atoms. The highest BCUT2D eigenvalue weighted by atomic mass is 16.1. The summed E-state index contributed by atoms with van der Waals surface area (Å²) in [5.41, 5.74) is 1.77. The van der Waals surface area contributed by atoms with Gasteiger partial charge in [0.05, 0.1) is 5.69 Å². The molecule has 0 aliphatic heterocycles. The van der Waals surface area contributed by atoms with Gasteiger partial charge in [0.25, 0.3) is 0 Å². The van der Waals surface area contributed by atoms with Gasteiger partial charge in [0.2, 0.25) is 0 Å². The van der Waals surface area contributed by atoms with E-state index in [-0.39, 0.29) is 5.69 Å². The number of nitrogens with zero attached hydrogens (tertiary/aromatic N) is 2. The van der Waals surface area contributed by atoms with Gasteiger partial charge in [-0.3, -0.25) is 0 Å². The predicted molar refractivity (Wildman–Crippen MR) is 60.3 cm³/mol. The third-order valence-corrected chi connectivity index (χ3v) is 1.86. The molecule has 2 aromatic rings. The van der Waals surface area contributed by atoms with Crippen molar-refractivity contribution >= 4 is 0 Å². The van der Waals surface area contributed by atoms with E-state index >= 15 is 0 Å². The maximum atomic E-state index is 11.1. The molecule has 0 spiro atoms. The number of nitrogens with one attached hydrogen (secondary N) is 1. The first-order valence-electron chi connectivity index (χ1n) is 4.96. The summed E-state index contributed by atoms with van der Waals surface area (Å²) < 4.78 is 1.46. The minimum absolute atomic E-state index is 0.219. The molecule has 1 N–H and O–H groups in total. The van der Waals surface area contributed by atoms with Gasteiger partial charge in [-0.15, -0.1) is 0 Å². The molecule has 0 saturated carbocycles. The van der Waals surface area contributed by atoms with E-state index in [2.05, 4.69) is 10.2 Å². The molecule has 0 aliphatic rings. The summed E-state index contributed by atoms with van der Waals surface area (Å²) in [6.07, 6.45) is 1.47. The number of hydrogen-bond donors (Lipinski definition) is 1. The lowest BCUT2D eigenvalue weighted by molar-refractivity contribution is 0.982. The Balaban J connectivity index is 0.000000531. The highest BCUT2D eigenvalue weighted by molar-refractivity contribution is 5.33. The summed E-state index contributed by atoms with van der Waals surface area (Å²) in [5, 5.41) is 5.99. The van der Waals surface area contributed by atoms with Crippen LogP contribution in [0, 0.1) is 6.92 Å². The molecule has 1 aromatic carbocycles. The quantitative estimate of drug-likeness (QED) is 0.773. The molecule has 4 heteroatoms. The molecule has 2 rings (SSSR count). The van der Waals surface area contributed by atoms with Crippen LogP contribution in [0.5, 0.6) is 0 Å². The summed E-state index contributed by atoms with van der Waals surface area (Å²) in [6, 6.07) is 7.67. The van der Waals surface area contributed by atoms with Crippen molar-refractivity contribution in [2.75, 3.05) is 0 Å². The van der Waals surface area contributed by atoms with E-state index in [0.717, 1.165) is 5.69 Å². The van der Waals surface area contributed by atoms with Crippen LogP contribution in [0.1, 0.15) is 19.4 Å². The number of H-pyrrole nitrogens is 1. The van der Waals surface area contributed by atoms with E-state index in [9.17, 15) is 4.79 Å². The first kappa shape index (κ1) is 11.2. The third-order valence-electron chi connectivity index (χ3n) is 1.86. The fourth-order valence-corrected chi connectivity index (χ4v) is 1.14. The van der Waals surface area contributed by atoms with Crippen molar-refractivity contribution in [2.45, 2.75) is 20.8 Å². The van der Waals surface area contributed by atoms with Crippen LogP contribution in [0.15, 0.2) is 35.4 Å². The average molecular weight is 205 g/mol. The number of aromatic amines is 1. The van der Waals surface area contributed by atoms with Gasteiger partial charge in [0.15, 0.2) is 0 Å². The lowest BCUT2D eigenvalue weighted by Crippen LogP contribution is -2.13. The van der Waals surface area contributed by atoms with Crippen LogP contribution in [0.3, 0.4) is 0 Å². The summed E-state index contributed by atoms with van der Waals surface area (Å²) in [6.45, 7) is 6.00. The molecular formula is C11H15N3O. The first-order chi connectivity index (χ1) is 7.27. The van der Waals surface area contributed by atoms with Crippen molar-refractivity contribution in [1.82, 2.24) is 14.8 Å². The minimum atomic E-state index is -0.219. The Morgan fingerprint density at radius 1 is 1.20 bits per heavy atom. The van der Waals surface area contributed by atoms with Crippen molar-refractivity contribution in [3.63, 3.8) is 0 Å². The van der Waals surface area contributed by atoms with Gasteiger partial charge < -0.3 is 0 Å². The Hall–Kier alpha value is -1.84. The SMILES string of the molecule is CC.Cc1ccc(-n2cn[nH]c2=O)cc1. The molecule has 1 heterocycles. The number of aryl methyl sites for hydroxylation is 1. The van der Waals surface area contributed by atoms with E-state index in [1.54, 1.807) is 0 Å². The zero-order valence-electron chi connectivity index (χ0n) is 9.19. The molecule has 4 nitrogen and oxygen atoms in total. The van der Waals surface area contributed by atoms with Crippen molar-refractivity contribution in [3.8, 4) is 5.69 Å². The van der Waals surface area contributed by atoms with Crippen molar-refractivity contribution in [2.24, 2.45) is 0 Å². The monoisotopic (exact) mass is 205 g/mol. The first-order valence-corrected chi connectivity index (χ1v) is 4.96. The molecule has 0 amide bonds. The molecule has 80 valence electrons. The van der Waals surface area contributed by atoms with Gasteiger partial charge >= 0.3 is 5.69 Å². The van der Waals surface area contributed by atoms with Gasteiger partial charge in [-0.1, -0.05) is 31.5 Å². The topological polar surface area (TPSA) is 50.7 Å². The number of hydrogen-bond acceptors (Lipinski definition) is 2. The van der Waals surface area contributed by atoms with Crippen LogP contribution in [-0.4, -0.2) is 14.8 Å². The zero-order valence-corrected chi connectivity index (χ0v) is 9.19. The molecular weight excluding hydrogens is 190 g/mol. The largest absolute Gasteiger partial charge is 0.347 e. The molecule has 1 aromatic heterocycles.